The monoisotopic (exact) mass is 545 g/mol. The van der Waals surface area contributed by atoms with Crippen LogP contribution < -0.4 is 10.6 Å². The van der Waals surface area contributed by atoms with Crippen LogP contribution in [0.25, 0.3) is 5.57 Å². The third-order valence-electron chi connectivity index (χ3n) is 6.20. The van der Waals surface area contributed by atoms with Crippen LogP contribution in [0, 0.1) is 0 Å². The number of rotatable bonds is 7. The maximum atomic E-state index is 13.1. The van der Waals surface area contributed by atoms with Crippen LogP contribution in [0.15, 0.2) is 82.4 Å². The van der Waals surface area contributed by atoms with E-state index >= 15 is 0 Å². The van der Waals surface area contributed by atoms with Gasteiger partial charge >= 0.3 is 35.5 Å². The molecule has 0 spiro atoms. The average molecular weight is 546 g/mol. The van der Waals surface area contributed by atoms with E-state index in [0.29, 0.717) is 35.4 Å². The molecule has 186 valence electrons. The number of carbonyl (C=O) groups is 4. The number of allylic oxidation sites excluding steroid dienone is 1. The first-order valence-electron chi connectivity index (χ1n) is 11.4. The van der Waals surface area contributed by atoms with Gasteiger partial charge in [0.2, 0.25) is 11.8 Å². The third kappa shape index (κ3) is 5.53. The fraction of sp³-hybridized carbons (Fsp3) is 0.231. The quantitative estimate of drug-likeness (QED) is 0.211. The van der Waals surface area contributed by atoms with E-state index in [4.69, 9.17) is 0 Å². The molecule has 0 aromatic heterocycles. The van der Waals surface area contributed by atoms with Crippen molar-refractivity contribution in [3.8, 4) is 0 Å². The van der Waals surface area contributed by atoms with E-state index in [-0.39, 0.29) is 52.8 Å². The molecule has 5 rings (SSSR count). The van der Waals surface area contributed by atoms with Crippen molar-refractivity contribution in [3.63, 3.8) is 0 Å². The second-order valence-corrected chi connectivity index (χ2v) is 10.6. The molecule has 3 aliphatic rings. The van der Waals surface area contributed by atoms with Crippen LogP contribution in [0.1, 0.15) is 12.0 Å². The average Bonchev–Trinajstić information content (AvgIpc) is 3.32. The maximum absolute atomic E-state index is 13.1. The van der Waals surface area contributed by atoms with Crippen LogP contribution in [0.4, 0.5) is 0 Å². The van der Waals surface area contributed by atoms with Crippen molar-refractivity contribution >= 4 is 82.3 Å². The summed E-state index contributed by atoms with van der Waals surface area (Å²) in [7, 11) is 0. The molecule has 2 saturated heterocycles. The number of nitrogens with one attached hydrogen (secondary N) is 2. The first kappa shape index (κ1) is 27.5. The fourth-order valence-electron chi connectivity index (χ4n) is 4.59. The molecular formula is C26H24N3NaO5S2. The van der Waals surface area contributed by atoms with E-state index in [9.17, 15) is 24.3 Å². The molecule has 2 atom stereocenters. The summed E-state index contributed by atoms with van der Waals surface area (Å²) >= 11 is 2.76. The number of carboxylic acids is 1. The van der Waals surface area contributed by atoms with E-state index < -0.39 is 23.3 Å². The predicted octanol–water partition coefficient (Wildman–Crippen LogP) is 1.84. The number of amides is 3. The van der Waals surface area contributed by atoms with Crippen LogP contribution in [0.5, 0.6) is 0 Å². The van der Waals surface area contributed by atoms with Gasteiger partial charge < -0.3 is 15.7 Å². The van der Waals surface area contributed by atoms with Gasteiger partial charge in [0.05, 0.1) is 5.75 Å². The van der Waals surface area contributed by atoms with E-state index in [0.717, 1.165) is 10.5 Å². The van der Waals surface area contributed by atoms with Gasteiger partial charge in [0.15, 0.2) is 0 Å². The molecule has 0 unspecified atom stereocenters. The Kier molecular flexibility index (Phi) is 8.86. The number of thioether (sulfide) groups is 2. The molecule has 3 heterocycles. The number of benzene rings is 2. The molecule has 3 aliphatic heterocycles. The van der Waals surface area contributed by atoms with Gasteiger partial charge in [0.1, 0.15) is 17.1 Å². The molecule has 8 nitrogen and oxygen atoms in total. The van der Waals surface area contributed by atoms with Gasteiger partial charge in [-0.1, -0.05) is 48.5 Å². The molecule has 11 heteroatoms. The van der Waals surface area contributed by atoms with Gasteiger partial charge in [0.25, 0.3) is 5.91 Å². The van der Waals surface area contributed by atoms with Crippen molar-refractivity contribution in [2.24, 2.45) is 0 Å². The molecular weight excluding hydrogens is 521 g/mol. The van der Waals surface area contributed by atoms with Gasteiger partial charge in [-0.3, -0.25) is 19.3 Å². The number of carbonyl (C=O) groups excluding carboxylic acids is 3. The fourth-order valence-corrected chi connectivity index (χ4v) is 6.67. The van der Waals surface area contributed by atoms with E-state index in [1.165, 1.54) is 28.4 Å². The van der Waals surface area contributed by atoms with Crippen LogP contribution in [-0.2, 0) is 19.2 Å². The Labute approximate surface area is 244 Å². The van der Waals surface area contributed by atoms with Crippen molar-refractivity contribution in [3.05, 3.63) is 83.1 Å². The summed E-state index contributed by atoms with van der Waals surface area (Å²) in [5.74, 6) is -1.77. The summed E-state index contributed by atoms with van der Waals surface area (Å²) in [6, 6.07) is 17.9. The Morgan fingerprint density at radius 2 is 1.76 bits per heavy atom. The zero-order chi connectivity index (χ0) is 25.2. The second-order valence-electron chi connectivity index (χ2n) is 8.41. The molecule has 0 radical (unpaired) electrons. The molecule has 37 heavy (non-hydrogen) atoms. The van der Waals surface area contributed by atoms with Crippen LogP contribution >= 0.6 is 23.5 Å². The number of fused-ring (bicyclic) bond motifs is 1. The van der Waals surface area contributed by atoms with Gasteiger partial charge in [-0.2, -0.15) is 0 Å². The van der Waals surface area contributed by atoms with Crippen LogP contribution in [0.3, 0.4) is 0 Å². The molecule has 3 amide bonds. The molecule has 0 aliphatic carbocycles. The summed E-state index contributed by atoms with van der Waals surface area (Å²) in [6.45, 7) is 0.480. The Balaban J connectivity index is 0.00000320. The van der Waals surface area contributed by atoms with Gasteiger partial charge in [-0.25, -0.2) is 4.79 Å². The van der Waals surface area contributed by atoms with Gasteiger partial charge in [-0.15, -0.1) is 23.5 Å². The minimum atomic E-state index is -1.24. The van der Waals surface area contributed by atoms with Crippen molar-refractivity contribution in [1.29, 1.82) is 0 Å². The molecule has 2 aromatic carbocycles. The van der Waals surface area contributed by atoms with Crippen molar-refractivity contribution in [2.75, 3.05) is 18.1 Å². The molecule has 2 fully saturated rings. The molecule has 3 N–H and O–H groups in total. The van der Waals surface area contributed by atoms with E-state index in [2.05, 4.69) is 10.6 Å². The topological polar surface area (TPSA) is 116 Å². The zero-order valence-corrected chi connectivity index (χ0v) is 20.7. The first-order chi connectivity index (χ1) is 17.5. The summed E-state index contributed by atoms with van der Waals surface area (Å²) in [6.07, 6.45) is 0.471. The Morgan fingerprint density at radius 3 is 2.38 bits per heavy atom. The van der Waals surface area contributed by atoms with Crippen molar-refractivity contribution in [1.82, 2.24) is 15.5 Å². The number of aliphatic carboxylic acids is 1. The van der Waals surface area contributed by atoms with Crippen LogP contribution in [-0.4, -0.2) is 92.7 Å². The number of nitrogens with zero attached hydrogens (tertiary/aromatic N) is 1. The van der Waals surface area contributed by atoms with Crippen molar-refractivity contribution in [2.45, 2.75) is 22.7 Å². The number of hydrogen-bond acceptors (Lipinski definition) is 6. The van der Waals surface area contributed by atoms with Gasteiger partial charge in [-0.05, 0) is 29.7 Å². The third-order valence-corrected chi connectivity index (χ3v) is 8.49. The van der Waals surface area contributed by atoms with Crippen molar-refractivity contribution < 1.29 is 24.3 Å². The number of carboxylic acid groups (broad SMARTS) is 1. The normalized spacial score (nSPS) is 21.9. The summed E-state index contributed by atoms with van der Waals surface area (Å²) in [5, 5.41) is 15.2. The first-order valence-corrected chi connectivity index (χ1v) is 13.4. The summed E-state index contributed by atoms with van der Waals surface area (Å²) < 4.78 is 0. The summed E-state index contributed by atoms with van der Waals surface area (Å²) in [4.78, 5) is 52.9. The zero-order valence-electron chi connectivity index (χ0n) is 19.1. The Morgan fingerprint density at radius 1 is 1.08 bits per heavy atom. The number of hydrogen-bond donors (Lipinski definition) is 3. The Hall–Kier alpha value is -2.50. The molecule has 0 saturated carbocycles. The second kappa shape index (κ2) is 11.9. The standard InChI is InChI=1S/C26H23N3O5S2.Na.H/c30-19(14-35-16-9-5-2-6-10-16)28-21-24(32)29-22(26(33)34)18(13-36-25(21)29)20(15-7-3-1-4-8-15)17-11-12-27-23(17)31;;/h1-10,21,25H,11-14H2,(H,27,31)(H,28,30)(H,33,34);;/t21-,25-;;/m1../s1. The number of β-lactam (4-membered cyclic amide) rings is 1. The predicted molar refractivity (Wildman–Crippen MR) is 145 cm³/mol. The minimum absolute atomic E-state index is 0. The summed E-state index contributed by atoms with van der Waals surface area (Å²) in [5.41, 5.74) is 2.13. The molecule has 0 bridgehead atoms. The van der Waals surface area contributed by atoms with Gasteiger partial charge in [0, 0.05) is 28.3 Å². The SMILES string of the molecule is O=C(CSc1ccccc1)N[C@@H]1C(=O)N2C(C(=O)O)=C(C(=C3CCNC3=O)c3ccccc3)CS[C@H]12.[NaH]. The van der Waals surface area contributed by atoms with Crippen LogP contribution in [0.2, 0.25) is 0 Å². The molecule has 2 aromatic rings. The van der Waals surface area contributed by atoms with E-state index in [1.54, 1.807) is 0 Å². The van der Waals surface area contributed by atoms with E-state index in [1.807, 2.05) is 60.7 Å². The Bertz CT molecular complexity index is 1300.